The van der Waals surface area contributed by atoms with E-state index in [0.29, 0.717) is 32.4 Å². The van der Waals surface area contributed by atoms with Crippen LogP contribution in [0.25, 0.3) is 0 Å². The lowest BCUT2D eigenvalue weighted by Crippen LogP contribution is -2.62. The fourth-order valence-electron chi connectivity index (χ4n) is 14.7. The van der Waals surface area contributed by atoms with Crippen LogP contribution >= 0.6 is 0 Å². The maximum absolute atomic E-state index is 15.6. The van der Waals surface area contributed by atoms with E-state index in [1.165, 1.54) is 82.8 Å². The molecule has 588 valence electrons. The molecule has 0 aromatic rings. The van der Waals surface area contributed by atoms with Crippen molar-refractivity contribution >= 4 is 70.9 Å². The van der Waals surface area contributed by atoms with Crippen LogP contribution in [0.2, 0.25) is 0 Å². The summed E-state index contributed by atoms with van der Waals surface area (Å²) in [5, 5.41) is 33.4. The third kappa shape index (κ3) is 27.4. The molecular weight excluding hydrogens is 1320 g/mol. The summed E-state index contributed by atoms with van der Waals surface area (Å²) >= 11 is 0. The van der Waals surface area contributed by atoms with Gasteiger partial charge in [0.1, 0.15) is 60.4 Å². The highest BCUT2D eigenvalue weighted by Crippen LogP contribution is 2.32. The molecule has 27 heteroatoms. The van der Waals surface area contributed by atoms with Gasteiger partial charge in [0.25, 0.3) is 0 Å². The predicted octanol–water partition coefficient (Wildman–Crippen LogP) is 4.86. The fourth-order valence-corrected chi connectivity index (χ4v) is 14.7. The van der Waals surface area contributed by atoms with Gasteiger partial charge in [0.05, 0.1) is 31.3 Å². The molecule has 11 atom stereocenters. The summed E-state index contributed by atoms with van der Waals surface area (Å²) in [7, 11) is 9.97. The first-order valence-electron chi connectivity index (χ1n) is 38.5. The van der Waals surface area contributed by atoms with Crippen LogP contribution in [-0.2, 0) is 62.3 Å². The lowest BCUT2D eigenvalue weighted by Gasteiger charge is -2.39. The molecule has 0 bridgehead atoms. The van der Waals surface area contributed by atoms with Crippen LogP contribution < -0.4 is 21.3 Å². The molecule has 27 nitrogen and oxygen atoms in total. The predicted molar refractivity (Wildman–Crippen MR) is 394 cm³/mol. The van der Waals surface area contributed by atoms with Crippen molar-refractivity contribution in [1.29, 1.82) is 0 Å². The van der Waals surface area contributed by atoms with Crippen molar-refractivity contribution in [3.05, 3.63) is 0 Å². The molecule has 4 aliphatic rings. The third-order valence-corrected chi connectivity index (χ3v) is 21.4. The highest BCUT2D eigenvalue weighted by atomic mass is 16.5. The fraction of sp³-hybridized carbons (Fsp3) is 0.842. The molecule has 0 unspecified atom stereocenters. The van der Waals surface area contributed by atoms with Crippen LogP contribution in [0.4, 0.5) is 0 Å². The van der Waals surface area contributed by atoms with Gasteiger partial charge < -0.3 is 75.4 Å². The van der Waals surface area contributed by atoms with Gasteiger partial charge in [-0.15, -0.1) is 0 Å². The number of amides is 12. The summed E-state index contributed by atoms with van der Waals surface area (Å²) in [6, 6.07) is -13.2. The topological polar surface area (TPSA) is 329 Å². The Hall–Kier alpha value is -6.48. The SMILES string of the molecule is CC(C)C[C@@H]1NC(=O)[C@H](C)N(C)C(=O)C[C@@H](C(=O)N2CCCCC2)NC(=O)[C@H](CC(C)C)N(C)C(=O)CN(C)C(=O)[C@H]([C@@H](C)O)NC(=O)[C@H](CC(C)C)N(C)C(=O)[C@H](CCC2CCCCC2)N(C)C(=O)[C@H](COCCC(C)(C)O)NC(=O)[C@H](CC2CCCCC2)N(C)C(=O)[C@H](CC(C)C)N(C)C1=O. The third-order valence-electron chi connectivity index (χ3n) is 21.4. The second-order valence-corrected chi connectivity index (χ2v) is 32.7. The van der Waals surface area contributed by atoms with Gasteiger partial charge in [-0.2, -0.15) is 0 Å². The molecule has 0 radical (unpaired) electrons. The number of rotatable bonds is 20. The van der Waals surface area contributed by atoms with E-state index in [1.54, 1.807) is 18.7 Å². The highest BCUT2D eigenvalue weighted by Gasteiger charge is 2.45. The molecule has 4 rings (SSSR count). The Balaban J connectivity index is 1.98. The van der Waals surface area contributed by atoms with Crippen molar-refractivity contribution in [2.75, 3.05) is 82.2 Å². The van der Waals surface area contributed by atoms with E-state index in [1.807, 2.05) is 55.4 Å². The van der Waals surface area contributed by atoms with Crippen LogP contribution in [0.5, 0.6) is 0 Å². The van der Waals surface area contributed by atoms with Crippen molar-refractivity contribution in [3.8, 4) is 0 Å². The zero-order valence-corrected chi connectivity index (χ0v) is 66.2. The van der Waals surface area contributed by atoms with Gasteiger partial charge in [-0.3, -0.25) is 57.5 Å². The largest absolute Gasteiger partial charge is 0.391 e. The van der Waals surface area contributed by atoms with Crippen LogP contribution in [-0.4, -0.2) is 275 Å². The molecular formula is C76H134N12O15. The second kappa shape index (κ2) is 42.0. The van der Waals surface area contributed by atoms with E-state index in [-0.39, 0.29) is 87.1 Å². The van der Waals surface area contributed by atoms with E-state index in [2.05, 4.69) is 21.3 Å². The van der Waals surface area contributed by atoms with Crippen LogP contribution in [0, 0.1) is 35.5 Å². The number of likely N-dealkylation sites (tertiary alicyclic amines) is 1. The minimum Gasteiger partial charge on any atom is -0.391 e. The van der Waals surface area contributed by atoms with E-state index in [4.69, 9.17) is 4.74 Å². The number of nitrogens with one attached hydrogen (secondary N) is 4. The number of likely N-dealkylation sites (N-methyl/N-ethyl adjacent to an activating group) is 7. The number of hydrogen-bond acceptors (Lipinski definition) is 15. The molecule has 0 aromatic carbocycles. The minimum atomic E-state index is -1.66. The lowest BCUT2D eigenvalue weighted by atomic mass is 9.84. The summed E-state index contributed by atoms with van der Waals surface area (Å²) < 4.78 is 6.15. The highest BCUT2D eigenvalue weighted by molar-refractivity contribution is 6.00. The summed E-state index contributed by atoms with van der Waals surface area (Å²) in [5.41, 5.74) is -1.16. The van der Waals surface area contributed by atoms with E-state index < -0.39 is 163 Å². The number of aliphatic hydroxyl groups excluding tert-OH is 1. The van der Waals surface area contributed by atoms with Crippen molar-refractivity contribution in [2.45, 2.75) is 296 Å². The smallest absolute Gasteiger partial charge is 0.248 e. The van der Waals surface area contributed by atoms with Crippen LogP contribution in [0.3, 0.4) is 0 Å². The summed E-state index contributed by atoms with van der Waals surface area (Å²) in [6.45, 7) is 20.5. The lowest BCUT2D eigenvalue weighted by molar-refractivity contribution is -0.152. The molecule has 2 aliphatic carbocycles. The van der Waals surface area contributed by atoms with E-state index in [0.717, 1.165) is 85.3 Å². The quantitative estimate of drug-likeness (QED) is 0.0887. The average molecular weight is 1460 g/mol. The molecule has 2 saturated heterocycles. The standard InChI is InChI=1S/C76H134N12O15/c1-47(2)39-55-70(96)87(19)62(42-50(7)8)74(100)86(18)61(43-54-31-25-21-26-32-54)68(94)79-57(46-103-38-35-76(11,12)102)71(97)84(16)58(34-33-53-29-23-20-24-30-53)73(99)85(17)60(41-49(5)6)69(95)80-65(52(10)89)75(101)81(13)45-64(91)83(15)59(40-48(3)4)67(93)78-56(72(98)88-36-27-22-28-37-88)44-63(90)82(14)51(9)66(92)77-55/h47-62,65,89,102H,20-46H2,1-19H3,(H,77,92)(H,78,93)(H,79,94)(H,80,95)/t51-,52+,55-,56-,57-,58-,59-,60-,61-,62-,65-/m0/s1. The second-order valence-electron chi connectivity index (χ2n) is 32.7. The molecule has 6 N–H and O–H groups in total. The van der Waals surface area contributed by atoms with Gasteiger partial charge in [0.2, 0.25) is 70.9 Å². The number of carbonyl (C=O) groups excluding carboxylic acids is 12. The Morgan fingerprint density at radius 3 is 1.47 bits per heavy atom. The van der Waals surface area contributed by atoms with Crippen molar-refractivity contribution in [1.82, 2.24) is 60.5 Å². The molecule has 2 saturated carbocycles. The van der Waals surface area contributed by atoms with Gasteiger partial charge in [0.15, 0.2) is 0 Å². The first-order chi connectivity index (χ1) is 48.2. The van der Waals surface area contributed by atoms with Crippen LogP contribution in [0.15, 0.2) is 0 Å². The van der Waals surface area contributed by atoms with Gasteiger partial charge >= 0.3 is 0 Å². The molecule has 0 aromatic heterocycles. The normalized spacial score (nSPS) is 27.1. The Bertz CT molecular complexity index is 2810. The number of nitrogens with zero attached hydrogens (tertiary/aromatic N) is 8. The van der Waals surface area contributed by atoms with Crippen molar-refractivity contribution in [2.24, 2.45) is 35.5 Å². The van der Waals surface area contributed by atoms with E-state index >= 15 is 24.0 Å². The number of aliphatic hydroxyl groups is 2. The molecule has 0 spiro atoms. The molecule has 2 aliphatic heterocycles. The molecule has 4 fully saturated rings. The average Bonchev–Trinajstić information content (AvgIpc) is 0.820. The number of piperidine rings is 1. The summed E-state index contributed by atoms with van der Waals surface area (Å²) in [5.74, 6) is -8.93. The molecule has 2 heterocycles. The van der Waals surface area contributed by atoms with Gasteiger partial charge in [-0.05, 0) is 134 Å². The van der Waals surface area contributed by atoms with Crippen LogP contribution in [0.1, 0.15) is 224 Å². The first-order valence-corrected chi connectivity index (χ1v) is 38.5. The number of ether oxygens (including phenoxy) is 1. The summed E-state index contributed by atoms with van der Waals surface area (Å²) in [6.07, 6.45) is 10.7. The molecule has 103 heavy (non-hydrogen) atoms. The Morgan fingerprint density at radius 2 is 0.932 bits per heavy atom. The van der Waals surface area contributed by atoms with Crippen molar-refractivity contribution in [3.63, 3.8) is 0 Å². The Kier molecular flexibility index (Phi) is 36.3. The van der Waals surface area contributed by atoms with Gasteiger partial charge in [-0.25, -0.2) is 0 Å². The zero-order valence-electron chi connectivity index (χ0n) is 66.2. The number of hydrogen-bond donors (Lipinski definition) is 6. The Morgan fingerprint density at radius 1 is 0.485 bits per heavy atom. The first kappa shape index (κ1) is 88.9. The van der Waals surface area contributed by atoms with Gasteiger partial charge in [-0.1, -0.05) is 120 Å². The maximum atomic E-state index is 15.6. The minimum absolute atomic E-state index is 0.0118. The van der Waals surface area contributed by atoms with Crippen molar-refractivity contribution < 1.29 is 72.5 Å². The zero-order chi connectivity index (χ0) is 77.5. The summed E-state index contributed by atoms with van der Waals surface area (Å²) in [4.78, 5) is 190. The molecule has 12 amide bonds. The number of carbonyl (C=O) groups is 12. The monoisotopic (exact) mass is 1460 g/mol. The maximum Gasteiger partial charge on any atom is 0.248 e. The Labute approximate surface area is 615 Å². The van der Waals surface area contributed by atoms with E-state index in [9.17, 15) is 43.8 Å². The van der Waals surface area contributed by atoms with Gasteiger partial charge in [0, 0.05) is 69.0 Å².